The highest BCUT2D eigenvalue weighted by Crippen LogP contribution is 2.15. The molecule has 8 heteroatoms. The highest BCUT2D eigenvalue weighted by Gasteiger charge is 2.31. The molecule has 0 N–H and O–H groups in total. The van der Waals surface area contributed by atoms with E-state index in [-0.39, 0.29) is 0 Å². The average molecular weight is 363 g/mol. The first-order valence-corrected chi connectivity index (χ1v) is 12.2. The van der Waals surface area contributed by atoms with Gasteiger partial charge in [0, 0.05) is 0 Å². The number of hydrogen-bond donors (Lipinski definition) is 0. The summed E-state index contributed by atoms with van der Waals surface area (Å²) >= 11 is 0. The Bertz CT molecular complexity index is 327. The molecule has 0 aromatic carbocycles. The maximum Gasteiger partial charge on any atom is 0.372 e. The molecule has 0 heterocycles. The van der Waals surface area contributed by atoms with Crippen molar-refractivity contribution < 1.29 is 17.7 Å². The van der Waals surface area contributed by atoms with Crippen LogP contribution in [0.5, 0.6) is 0 Å². The molecule has 0 aliphatic heterocycles. The van der Waals surface area contributed by atoms with Gasteiger partial charge < -0.3 is 17.7 Å². The molecule has 0 saturated heterocycles. The number of hydrogen-bond acceptors (Lipinski definition) is 4. The molecular formula is C13H30O4Si4. The Balaban J connectivity index is 4.77. The topological polar surface area (TPSA) is 36.9 Å². The Hall–Kier alpha value is -0.0725. The van der Waals surface area contributed by atoms with Crippen LogP contribution in [0, 0.1) is 0 Å². The minimum Gasteiger partial charge on any atom is -0.359 e. The summed E-state index contributed by atoms with van der Waals surface area (Å²) < 4.78 is 23.3. The normalized spacial score (nSPS) is 15.1. The minimum atomic E-state index is -1.24. The van der Waals surface area contributed by atoms with Crippen LogP contribution in [-0.2, 0) is 17.7 Å². The third-order valence-corrected chi connectivity index (χ3v) is 7.52. The van der Waals surface area contributed by atoms with Crippen LogP contribution in [-0.4, -0.2) is 45.9 Å². The van der Waals surface area contributed by atoms with Crippen LogP contribution in [0.4, 0.5) is 0 Å². The van der Waals surface area contributed by atoms with Crippen molar-refractivity contribution in [3.63, 3.8) is 0 Å². The summed E-state index contributed by atoms with van der Waals surface area (Å²) in [4.78, 5) is 0. The zero-order valence-corrected chi connectivity index (χ0v) is 20.7. The molecule has 0 aromatic heterocycles. The highest BCUT2D eigenvalue weighted by molar-refractivity contribution is 6.37. The molecule has 0 fully saturated rings. The quantitative estimate of drug-likeness (QED) is 0.404. The zero-order valence-electron chi connectivity index (χ0n) is 14.5. The molecule has 21 heavy (non-hydrogen) atoms. The van der Waals surface area contributed by atoms with Crippen molar-refractivity contribution in [3.05, 3.63) is 33.8 Å². The smallest absolute Gasteiger partial charge is 0.359 e. The van der Waals surface area contributed by atoms with E-state index < -0.39 is 35.4 Å². The van der Waals surface area contributed by atoms with Crippen molar-refractivity contribution >= 4 is 39.8 Å². The molecule has 0 unspecified atom stereocenters. The fourth-order valence-corrected chi connectivity index (χ4v) is 5.51. The van der Waals surface area contributed by atoms with Gasteiger partial charge in [0.1, 0.15) is 0 Å². The molecule has 0 spiro atoms. The van der Waals surface area contributed by atoms with Crippen molar-refractivity contribution in [2.75, 3.05) is 0 Å². The Kier molecular flexibility index (Phi) is 11.4. The number of rotatable bonds is 10. The Morgan fingerprint density at radius 3 is 1.19 bits per heavy atom. The molecule has 122 valence electrons. The van der Waals surface area contributed by atoms with Crippen molar-refractivity contribution in [1.29, 1.82) is 0 Å². The van der Waals surface area contributed by atoms with Crippen molar-refractivity contribution in [2.24, 2.45) is 0 Å². The molecule has 0 bridgehead atoms. The number of allylic oxidation sites excluding steroid dienone is 3. The van der Waals surface area contributed by atoms with Crippen molar-refractivity contribution in [1.82, 2.24) is 0 Å². The van der Waals surface area contributed by atoms with E-state index in [2.05, 4.69) is 58.6 Å². The second-order valence-corrected chi connectivity index (χ2v) is 8.98. The third kappa shape index (κ3) is 11.2. The van der Waals surface area contributed by atoms with E-state index in [1.165, 1.54) is 16.7 Å². The fourth-order valence-electron chi connectivity index (χ4n) is 1.23. The van der Waals surface area contributed by atoms with Crippen LogP contribution < -0.4 is 0 Å². The standard InChI is InChI=1S/C13H30O4Si4/c1-10(2)7-19-15-13(14-18,16-20-8-11(3)4)17-21-9-12(5)6/h7-9H,19-21H2,1-6,18H3. The van der Waals surface area contributed by atoms with Crippen molar-refractivity contribution in [2.45, 2.75) is 47.7 Å². The molecule has 0 rings (SSSR count). The van der Waals surface area contributed by atoms with Crippen molar-refractivity contribution in [3.8, 4) is 0 Å². The maximum atomic E-state index is 5.89. The van der Waals surface area contributed by atoms with Crippen LogP contribution in [0.15, 0.2) is 33.8 Å². The van der Waals surface area contributed by atoms with E-state index in [1.54, 1.807) is 0 Å². The summed E-state index contributed by atoms with van der Waals surface area (Å²) in [6, 6.07) is 0. The van der Waals surface area contributed by atoms with E-state index in [4.69, 9.17) is 17.7 Å². The average Bonchev–Trinajstić information content (AvgIpc) is 2.36. The lowest BCUT2D eigenvalue weighted by atomic mass is 10.4. The summed E-state index contributed by atoms with van der Waals surface area (Å²) in [5, 5.41) is 0. The summed E-state index contributed by atoms with van der Waals surface area (Å²) in [5.74, 6) is 0. The lowest BCUT2D eigenvalue weighted by Crippen LogP contribution is -2.44. The van der Waals surface area contributed by atoms with Gasteiger partial charge in [-0.3, -0.25) is 0 Å². The van der Waals surface area contributed by atoms with E-state index in [1.807, 2.05) is 0 Å². The van der Waals surface area contributed by atoms with Gasteiger partial charge in [-0.15, -0.1) is 0 Å². The van der Waals surface area contributed by atoms with Crippen LogP contribution in [0.3, 0.4) is 0 Å². The minimum absolute atomic E-state index is 0.515. The molecule has 0 aliphatic carbocycles. The highest BCUT2D eigenvalue weighted by atomic mass is 28.2. The summed E-state index contributed by atoms with van der Waals surface area (Å²) in [7, 11) is -2.06. The predicted octanol–water partition coefficient (Wildman–Crippen LogP) is -0.0330. The van der Waals surface area contributed by atoms with Crippen LogP contribution >= 0.6 is 0 Å². The van der Waals surface area contributed by atoms with Gasteiger partial charge in [-0.05, 0) is 41.5 Å². The summed E-state index contributed by atoms with van der Waals surface area (Å²) in [6.45, 7) is 12.4. The maximum absolute atomic E-state index is 5.89. The fraction of sp³-hybridized carbons (Fsp3) is 0.538. The summed E-state index contributed by atoms with van der Waals surface area (Å²) in [6.07, 6.45) is -1.24. The molecule has 0 aliphatic rings. The molecule has 0 atom stereocenters. The van der Waals surface area contributed by atoms with E-state index in [0.717, 1.165) is 0 Å². The van der Waals surface area contributed by atoms with Crippen LogP contribution in [0.2, 0.25) is 0 Å². The largest absolute Gasteiger partial charge is 0.372 e. The van der Waals surface area contributed by atoms with Crippen LogP contribution in [0.1, 0.15) is 41.5 Å². The second-order valence-electron chi connectivity index (χ2n) is 5.48. The summed E-state index contributed by atoms with van der Waals surface area (Å²) in [5.41, 5.74) is 10.2. The zero-order chi connectivity index (χ0) is 16.3. The van der Waals surface area contributed by atoms with Gasteiger partial charge in [0.25, 0.3) is 0 Å². The van der Waals surface area contributed by atoms with E-state index in [0.29, 0.717) is 10.5 Å². The monoisotopic (exact) mass is 362 g/mol. The third-order valence-electron chi connectivity index (χ3n) is 2.51. The lowest BCUT2D eigenvalue weighted by Gasteiger charge is -2.32. The van der Waals surface area contributed by atoms with Crippen LogP contribution in [0.25, 0.3) is 0 Å². The van der Waals surface area contributed by atoms with Gasteiger partial charge in [-0.25, -0.2) is 0 Å². The lowest BCUT2D eigenvalue weighted by molar-refractivity contribution is -0.371. The van der Waals surface area contributed by atoms with Gasteiger partial charge in [0.05, 0.1) is 0 Å². The van der Waals surface area contributed by atoms with Gasteiger partial charge in [0.15, 0.2) is 39.8 Å². The molecule has 0 amide bonds. The molecule has 0 radical (unpaired) electrons. The molecular weight excluding hydrogens is 332 g/mol. The Labute approximate surface area is 139 Å². The second kappa shape index (κ2) is 11.5. The van der Waals surface area contributed by atoms with Gasteiger partial charge in [0.2, 0.25) is 0 Å². The van der Waals surface area contributed by atoms with E-state index >= 15 is 0 Å². The first-order valence-electron chi connectivity index (χ1n) is 7.18. The van der Waals surface area contributed by atoms with Gasteiger partial charge in [-0.2, -0.15) is 0 Å². The van der Waals surface area contributed by atoms with Gasteiger partial charge in [-0.1, -0.05) is 33.8 Å². The Morgan fingerprint density at radius 1 is 0.714 bits per heavy atom. The Morgan fingerprint density at radius 2 is 1.00 bits per heavy atom. The van der Waals surface area contributed by atoms with Gasteiger partial charge >= 0.3 is 6.16 Å². The predicted molar refractivity (Wildman–Crippen MR) is 101 cm³/mol. The first-order chi connectivity index (χ1) is 9.81. The molecule has 4 nitrogen and oxygen atoms in total. The van der Waals surface area contributed by atoms with E-state index in [9.17, 15) is 0 Å². The molecule has 0 aromatic rings. The SMILES string of the molecule is CC(C)=C[SiH2]OC(O[SiH3])(O[SiH2]C=C(C)C)O[SiH2]C=C(C)C. The first kappa shape index (κ1) is 20.9. The molecule has 0 saturated carbocycles.